The Bertz CT molecular complexity index is 1390. The van der Waals surface area contributed by atoms with Crippen LogP contribution in [0.2, 0.25) is 0 Å². The number of ether oxygens (including phenoxy) is 2. The van der Waals surface area contributed by atoms with Crippen LogP contribution in [0.4, 0.5) is 35.5 Å². The van der Waals surface area contributed by atoms with Gasteiger partial charge in [-0.1, -0.05) is 48.5 Å². The van der Waals surface area contributed by atoms with Gasteiger partial charge in [-0.3, -0.25) is 0 Å². The van der Waals surface area contributed by atoms with Crippen molar-refractivity contribution in [1.82, 2.24) is 5.32 Å². The van der Waals surface area contributed by atoms with Gasteiger partial charge in [-0.25, -0.2) is 9.18 Å². The van der Waals surface area contributed by atoms with Gasteiger partial charge in [-0.05, 0) is 85.5 Å². The Balaban J connectivity index is 1.61. The predicted octanol–water partition coefficient (Wildman–Crippen LogP) is 9.76. The number of carbonyl (C=O) groups is 1. The van der Waals surface area contributed by atoms with Gasteiger partial charge in [-0.2, -0.15) is 26.3 Å². The maximum absolute atomic E-state index is 13.9. The van der Waals surface area contributed by atoms with E-state index < -0.39 is 59.6 Å². The number of amides is 1. The first-order valence-corrected chi connectivity index (χ1v) is 14.5. The fraction of sp³-hybridized carbons (Fsp3) is 0.382. The number of allylic oxidation sites excluding steroid dienone is 1. The molecule has 45 heavy (non-hydrogen) atoms. The zero-order valence-corrected chi connectivity index (χ0v) is 24.5. The van der Waals surface area contributed by atoms with E-state index in [1.165, 1.54) is 19.1 Å². The summed E-state index contributed by atoms with van der Waals surface area (Å²) in [7, 11) is 0. The number of benzene rings is 3. The van der Waals surface area contributed by atoms with Crippen molar-refractivity contribution in [2.45, 2.75) is 75.7 Å². The van der Waals surface area contributed by atoms with E-state index in [2.05, 4.69) is 11.9 Å². The third kappa shape index (κ3) is 9.09. The minimum atomic E-state index is -5.00. The first-order valence-electron chi connectivity index (χ1n) is 14.5. The van der Waals surface area contributed by atoms with E-state index >= 15 is 0 Å². The fourth-order valence-corrected chi connectivity index (χ4v) is 5.90. The number of alkyl halides is 6. The number of rotatable bonds is 11. The molecule has 1 fully saturated rings. The van der Waals surface area contributed by atoms with Gasteiger partial charge in [0.25, 0.3) is 0 Å². The summed E-state index contributed by atoms with van der Waals surface area (Å²) < 4.78 is 107. The van der Waals surface area contributed by atoms with Gasteiger partial charge < -0.3 is 14.8 Å². The van der Waals surface area contributed by atoms with Crippen molar-refractivity contribution in [3.63, 3.8) is 0 Å². The van der Waals surface area contributed by atoms with Crippen LogP contribution in [0.5, 0.6) is 0 Å². The number of hydrogen-bond donors (Lipinski definition) is 1. The molecule has 5 atom stereocenters. The van der Waals surface area contributed by atoms with E-state index in [-0.39, 0.29) is 24.2 Å². The first kappa shape index (κ1) is 34.0. The third-order valence-corrected chi connectivity index (χ3v) is 8.07. The van der Waals surface area contributed by atoms with Crippen LogP contribution in [-0.2, 0) is 28.4 Å². The second-order valence-electron chi connectivity index (χ2n) is 11.2. The predicted molar refractivity (Wildman–Crippen MR) is 155 cm³/mol. The molecular formula is C34H34F7NO3. The summed E-state index contributed by atoms with van der Waals surface area (Å²) in [5, 5.41) is 2.94. The van der Waals surface area contributed by atoms with E-state index in [9.17, 15) is 35.5 Å². The maximum atomic E-state index is 13.9. The average Bonchev–Trinajstić information content (AvgIpc) is 3.41. The summed E-state index contributed by atoms with van der Waals surface area (Å²) in [5.41, 5.74) is -1.66. The lowest BCUT2D eigenvalue weighted by molar-refractivity contribution is -0.143. The molecule has 4 rings (SSSR count). The van der Waals surface area contributed by atoms with Crippen molar-refractivity contribution in [2.24, 2.45) is 5.92 Å². The lowest BCUT2D eigenvalue weighted by Crippen LogP contribution is -2.42. The quantitative estimate of drug-likeness (QED) is 0.168. The van der Waals surface area contributed by atoms with Crippen LogP contribution in [0.25, 0.3) is 0 Å². The number of alkyl carbamates (subject to hydrolysis) is 1. The largest absolute Gasteiger partial charge is 0.445 e. The lowest BCUT2D eigenvalue weighted by Gasteiger charge is -2.33. The highest BCUT2D eigenvalue weighted by atomic mass is 19.4. The van der Waals surface area contributed by atoms with Gasteiger partial charge >= 0.3 is 18.4 Å². The number of nitrogens with one attached hydrogen (secondary N) is 1. The Morgan fingerprint density at radius 3 is 2.16 bits per heavy atom. The summed E-state index contributed by atoms with van der Waals surface area (Å²) >= 11 is 0. The molecule has 242 valence electrons. The van der Waals surface area contributed by atoms with Gasteiger partial charge in [0.05, 0.1) is 23.3 Å². The van der Waals surface area contributed by atoms with Crippen LogP contribution < -0.4 is 5.32 Å². The molecule has 3 aromatic rings. The van der Waals surface area contributed by atoms with E-state index in [0.29, 0.717) is 43.4 Å². The van der Waals surface area contributed by atoms with Crippen LogP contribution in [0, 0.1) is 11.7 Å². The van der Waals surface area contributed by atoms with Gasteiger partial charge in [-0.15, -0.1) is 6.58 Å². The molecule has 1 amide bonds. The minimum absolute atomic E-state index is 0.0487. The van der Waals surface area contributed by atoms with Gasteiger partial charge in [0.15, 0.2) is 0 Å². The monoisotopic (exact) mass is 637 g/mol. The van der Waals surface area contributed by atoms with E-state index in [1.54, 1.807) is 18.2 Å². The Labute approximate surface area is 257 Å². The molecule has 0 aliphatic heterocycles. The number of halogens is 7. The summed E-state index contributed by atoms with van der Waals surface area (Å²) in [4.78, 5) is 12.9. The first-order chi connectivity index (χ1) is 21.3. The zero-order chi connectivity index (χ0) is 32.8. The smallest absolute Gasteiger partial charge is 0.416 e. The SMILES string of the molecule is C=CCC[C@@H](NC(=O)OCc1ccccc1)[C@@H]1CC[C@H](O[C@H](C)c2cc(C(F)(F)F)cc(C(F)(F)F)c2)[C@H]1c1ccc(F)cc1. The van der Waals surface area contributed by atoms with E-state index in [4.69, 9.17) is 9.47 Å². The Kier molecular flexibility index (Phi) is 11.0. The van der Waals surface area contributed by atoms with Crippen molar-refractivity contribution >= 4 is 6.09 Å². The van der Waals surface area contributed by atoms with E-state index in [1.807, 2.05) is 30.3 Å². The van der Waals surface area contributed by atoms with Crippen molar-refractivity contribution in [2.75, 3.05) is 0 Å². The molecule has 0 heterocycles. The molecule has 3 aromatic carbocycles. The van der Waals surface area contributed by atoms with Crippen LogP contribution >= 0.6 is 0 Å². The van der Waals surface area contributed by atoms with Crippen molar-refractivity contribution in [3.8, 4) is 0 Å². The standard InChI is InChI=1S/C34H34F7NO3/c1-3-4-10-29(42-32(43)44-20-22-8-6-5-7-9-22)28-15-16-30(31(28)23-11-13-27(35)14-12-23)45-21(2)24-17-25(33(36,37)38)19-26(18-24)34(39,40)41/h3,5-9,11-14,17-19,21,28-31H,1,4,10,15-16,20H2,2H3,(H,42,43)/t21-,28+,29-,30+,31+/m1/s1. The van der Waals surface area contributed by atoms with Crippen LogP contribution in [-0.4, -0.2) is 18.2 Å². The molecule has 1 saturated carbocycles. The molecule has 4 nitrogen and oxygen atoms in total. The second-order valence-corrected chi connectivity index (χ2v) is 11.2. The maximum Gasteiger partial charge on any atom is 0.416 e. The second kappa shape index (κ2) is 14.5. The molecule has 0 saturated heterocycles. The van der Waals surface area contributed by atoms with Crippen LogP contribution in [0.15, 0.2) is 85.5 Å². The topological polar surface area (TPSA) is 47.6 Å². The van der Waals surface area contributed by atoms with Crippen molar-refractivity contribution in [3.05, 3.63) is 119 Å². The average molecular weight is 638 g/mol. The molecule has 11 heteroatoms. The summed E-state index contributed by atoms with van der Waals surface area (Å²) in [6, 6.07) is 15.8. The van der Waals surface area contributed by atoms with Gasteiger partial charge in [0.2, 0.25) is 0 Å². The number of hydrogen-bond acceptors (Lipinski definition) is 3. The normalized spacial score (nSPS) is 20.0. The summed E-state index contributed by atoms with van der Waals surface area (Å²) in [6.07, 6.45) is -8.80. The summed E-state index contributed by atoms with van der Waals surface area (Å²) in [5.74, 6) is -1.22. The fourth-order valence-electron chi connectivity index (χ4n) is 5.90. The van der Waals surface area contributed by atoms with Crippen LogP contribution in [0.3, 0.4) is 0 Å². The summed E-state index contributed by atoms with van der Waals surface area (Å²) in [6.45, 7) is 5.22. The molecule has 0 bridgehead atoms. The molecule has 0 spiro atoms. The molecule has 0 unspecified atom stereocenters. The Hall–Kier alpha value is -3.86. The highest BCUT2D eigenvalue weighted by Gasteiger charge is 2.44. The van der Waals surface area contributed by atoms with Gasteiger partial charge in [0, 0.05) is 12.0 Å². The minimum Gasteiger partial charge on any atom is -0.445 e. The van der Waals surface area contributed by atoms with E-state index in [0.717, 1.165) is 5.56 Å². The van der Waals surface area contributed by atoms with Crippen LogP contribution in [0.1, 0.15) is 72.4 Å². The zero-order valence-electron chi connectivity index (χ0n) is 24.5. The Morgan fingerprint density at radius 2 is 1.58 bits per heavy atom. The Morgan fingerprint density at radius 1 is 0.956 bits per heavy atom. The highest BCUT2D eigenvalue weighted by Crippen LogP contribution is 2.46. The van der Waals surface area contributed by atoms with Crippen molar-refractivity contribution in [1.29, 1.82) is 0 Å². The molecule has 1 aliphatic carbocycles. The molecule has 1 aliphatic rings. The highest BCUT2D eigenvalue weighted by molar-refractivity contribution is 5.67. The van der Waals surface area contributed by atoms with Crippen molar-refractivity contribution < 1.29 is 45.0 Å². The third-order valence-electron chi connectivity index (χ3n) is 8.07. The molecular weight excluding hydrogens is 603 g/mol. The number of carbonyl (C=O) groups excluding carboxylic acids is 1. The lowest BCUT2D eigenvalue weighted by atomic mass is 9.81. The molecule has 1 N–H and O–H groups in total. The van der Waals surface area contributed by atoms with Gasteiger partial charge in [0.1, 0.15) is 12.4 Å². The molecule has 0 aromatic heterocycles. The molecule has 0 radical (unpaired) electrons.